The van der Waals surface area contributed by atoms with E-state index in [4.69, 9.17) is 4.74 Å². The van der Waals surface area contributed by atoms with E-state index in [0.29, 0.717) is 6.54 Å². The van der Waals surface area contributed by atoms with Crippen molar-refractivity contribution in [3.05, 3.63) is 59.9 Å². The molecule has 1 aliphatic heterocycles. The van der Waals surface area contributed by atoms with Crippen molar-refractivity contribution in [2.45, 2.75) is 31.6 Å². The van der Waals surface area contributed by atoms with Gasteiger partial charge in [0.25, 0.3) is 0 Å². The molecular formula is C21H29N3O2. The molecule has 1 saturated heterocycles. The largest absolute Gasteiger partial charge is 0.489 e. The molecule has 2 heterocycles. The number of β-amino-alcohol motifs (C(OH)–C–C–N with tert-alkyl or cyclic N) is 1. The molecule has 5 nitrogen and oxygen atoms in total. The van der Waals surface area contributed by atoms with Gasteiger partial charge in [-0.25, -0.2) is 0 Å². The van der Waals surface area contributed by atoms with E-state index in [-0.39, 0.29) is 6.10 Å². The highest BCUT2D eigenvalue weighted by molar-refractivity contribution is 5.24. The van der Waals surface area contributed by atoms with Crippen LogP contribution >= 0.6 is 0 Å². The van der Waals surface area contributed by atoms with Crippen LogP contribution in [0.15, 0.2) is 48.7 Å². The smallest absolute Gasteiger partial charge is 0.123 e. The fourth-order valence-corrected chi connectivity index (χ4v) is 3.49. The van der Waals surface area contributed by atoms with Gasteiger partial charge in [0.15, 0.2) is 0 Å². The Kier molecular flexibility index (Phi) is 5.91. The van der Waals surface area contributed by atoms with Gasteiger partial charge in [0.1, 0.15) is 11.9 Å². The SMILES string of the molecule is CN(C)Cc1cc(OC2CCN(CC(C)(O)c3ccccc3)C2)ccn1. The highest BCUT2D eigenvalue weighted by Gasteiger charge is 2.31. The average Bonchev–Trinajstić information content (AvgIpc) is 3.01. The molecule has 0 spiro atoms. The number of rotatable bonds is 7. The maximum atomic E-state index is 10.8. The second-order valence-electron chi connectivity index (χ2n) is 7.62. The fraction of sp³-hybridized carbons (Fsp3) is 0.476. The van der Waals surface area contributed by atoms with E-state index in [0.717, 1.165) is 43.1 Å². The predicted molar refractivity (Wildman–Crippen MR) is 103 cm³/mol. The molecule has 2 atom stereocenters. The molecule has 2 aromatic rings. The van der Waals surface area contributed by atoms with Crippen molar-refractivity contribution in [3.8, 4) is 5.75 Å². The van der Waals surface area contributed by atoms with Gasteiger partial charge in [0.05, 0.1) is 11.3 Å². The molecule has 3 rings (SSSR count). The highest BCUT2D eigenvalue weighted by atomic mass is 16.5. The second kappa shape index (κ2) is 8.16. The van der Waals surface area contributed by atoms with Gasteiger partial charge < -0.3 is 14.7 Å². The molecule has 0 saturated carbocycles. The second-order valence-corrected chi connectivity index (χ2v) is 7.62. The zero-order chi connectivity index (χ0) is 18.6. The molecule has 140 valence electrons. The van der Waals surface area contributed by atoms with E-state index in [1.165, 1.54) is 0 Å². The van der Waals surface area contributed by atoms with Gasteiger partial charge >= 0.3 is 0 Å². The first kappa shape index (κ1) is 18.8. The third kappa shape index (κ3) is 5.04. The number of aromatic nitrogens is 1. The number of ether oxygens (including phenoxy) is 1. The Labute approximate surface area is 156 Å². The van der Waals surface area contributed by atoms with Crippen molar-refractivity contribution in [2.75, 3.05) is 33.7 Å². The molecule has 1 N–H and O–H groups in total. The normalized spacial score (nSPS) is 20.3. The average molecular weight is 355 g/mol. The molecule has 2 unspecified atom stereocenters. The summed E-state index contributed by atoms with van der Waals surface area (Å²) in [5, 5.41) is 10.8. The molecule has 1 aromatic heterocycles. The van der Waals surface area contributed by atoms with Crippen molar-refractivity contribution in [1.82, 2.24) is 14.8 Å². The minimum atomic E-state index is -0.855. The van der Waals surface area contributed by atoms with E-state index < -0.39 is 5.60 Å². The Morgan fingerprint density at radius 3 is 2.77 bits per heavy atom. The zero-order valence-corrected chi connectivity index (χ0v) is 15.9. The summed E-state index contributed by atoms with van der Waals surface area (Å²) in [7, 11) is 4.06. The maximum absolute atomic E-state index is 10.8. The van der Waals surface area contributed by atoms with Crippen LogP contribution in [0, 0.1) is 0 Å². The fourth-order valence-electron chi connectivity index (χ4n) is 3.49. The summed E-state index contributed by atoms with van der Waals surface area (Å²) in [5.41, 5.74) is 1.10. The zero-order valence-electron chi connectivity index (χ0n) is 15.9. The van der Waals surface area contributed by atoms with E-state index in [1.807, 2.05) is 63.5 Å². The van der Waals surface area contributed by atoms with Crippen molar-refractivity contribution >= 4 is 0 Å². The summed E-state index contributed by atoms with van der Waals surface area (Å²) in [6, 6.07) is 13.8. The van der Waals surface area contributed by atoms with Crippen LogP contribution in [-0.4, -0.2) is 59.7 Å². The summed E-state index contributed by atoms with van der Waals surface area (Å²) in [6.07, 6.45) is 2.92. The molecule has 26 heavy (non-hydrogen) atoms. The standard InChI is InChI=1S/C21H29N3O2/c1-21(25,17-7-5-4-6-8-17)16-24-12-10-20(15-24)26-19-9-11-22-18(13-19)14-23(2)3/h4-9,11,13,20,25H,10,12,14-16H2,1-3H3. The number of nitrogens with zero attached hydrogens (tertiary/aromatic N) is 3. The van der Waals surface area contributed by atoms with Crippen LogP contribution in [0.4, 0.5) is 0 Å². The number of pyridine rings is 1. The number of hydrogen-bond donors (Lipinski definition) is 1. The van der Waals surface area contributed by atoms with Crippen LogP contribution in [0.1, 0.15) is 24.6 Å². The van der Waals surface area contributed by atoms with Crippen molar-refractivity contribution in [1.29, 1.82) is 0 Å². The first-order valence-corrected chi connectivity index (χ1v) is 9.19. The first-order chi connectivity index (χ1) is 12.4. The molecule has 1 aliphatic rings. The van der Waals surface area contributed by atoms with Gasteiger partial charge in [-0.2, -0.15) is 0 Å². The first-order valence-electron chi connectivity index (χ1n) is 9.19. The molecule has 0 aliphatic carbocycles. The van der Waals surface area contributed by atoms with Gasteiger partial charge in [0, 0.05) is 38.4 Å². The monoisotopic (exact) mass is 355 g/mol. The van der Waals surface area contributed by atoms with Crippen LogP contribution in [0.25, 0.3) is 0 Å². The van der Waals surface area contributed by atoms with Crippen molar-refractivity contribution < 1.29 is 9.84 Å². The van der Waals surface area contributed by atoms with Crippen molar-refractivity contribution in [3.63, 3.8) is 0 Å². The van der Waals surface area contributed by atoms with Gasteiger partial charge in [-0.3, -0.25) is 9.88 Å². The number of likely N-dealkylation sites (tertiary alicyclic amines) is 1. The predicted octanol–water partition coefficient (Wildman–Crippen LogP) is 2.50. The van der Waals surface area contributed by atoms with Gasteiger partial charge in [-0.05, 0) is 39.1 Å². The molecule has 5 heteroatoms. The Balaban J connectivity index is 1.56. The molecule has 0 bridgehead atoms. The van der Waals surface area contributed by atoms with E-state index in [1.54, 1.807) is 6.20 Å². The van der Waals surface area contributed by atoms with Crippen LogP contribution in [0.3, 0.4) is 0 Å². The van der Waals surface area contributed by atoms with Crippen LogP contribution < -0.4 is 4.74 Å². The lowest BCUT2D eigenvalue weighted by molar-refractivity contribution is 0.0201. The highest BCUT2D eigenvalue weighted by Crippen LogP contribution is 2.25. The van der Waals surface area contributed by atoms with E-state index >= 15 is 0 Å². The molecular weight excluding hydrogens is 326 g/mol. The molecule has 1 aromatic carbocycles. The number of aliphatic hydroxyl groups is 1. The van der Waals surface area contributed by atoms with E-state index in [2.05, 4.69) is 14.8 Å². The Bertz CT molecular complexity index is 703. The van der Waals surface area contributed by atoms with Gasteiger partial charge in [0.2, 0.25) is 0 Å². The topological polar surface area (TPSA) is 48.8 Å². The molecule has 0 amide bonds. The number of hydrogen-bond acceptors (Lipinski definition) is 5. The van der Waals surface area contributed by atoms with Gasteiger partial charge in [-0.15, -0.1) is 0 Å². The lowest BCUT2D eigenvalue weighted by atomic mass is 9.95. The summed E-state index contributed by atoms with van der Waals surface area (Å²) in [6.45, 7) is 5.05. The van der Waals surface area contributed by atoms with E-state index in [9.17, 15) is 5.11 Å². The minimum Gasteiger partial charge on any atom is -0.489 e. The summed E-state index contributed by atoms with van der Waals surface area (Å²) < 4.78 is 6.17. The summed E-state index contributed by atoms with van der Waals surface area (Å²) >= 11 is 0. The maximum Gasteiger partial charge on any atom is 0.123 e. The Hall–Kier alpha value is -1.95. The van der Waals surface area contributed by atoms with Gasteiger partial charge in [-0.1, -0.05) is 30.3 Å². The quantitative estimate of drug-likeness (QED) is 0.827. The lowest BCUT2D eigenvalue weighted by Gasteiger charge is -2.29. The van der Waals surface area contributed by atoms with Crippen LogP contribution in [-0.2, 0) is 12.1 Å². The van der Waals surface area contributed by atoms with Crippen LogP contribution in [0.2, 0.25) is 0 Å². The molecule has 1 fully saturated rings. The summed E-state index contributed by atoms with van der Waals surface area (Å²) in [5.74, 6) is 0.874. The third-order valence-corrected chi connectivity index (χ3v) is 4.73. The minimum absolute atomic E-state index is 0.149. The van der Waals surface area contributed by atoms with Crippen LogP contribution in [0.5, 0.6) is 5.75 Å². The lowest BCUT2D eigenvalue weighted by Crippen LogP contribution is -2.38. The Morgan fingerprint density at radius 1 is 1.27 bits per heavy atom. The summed E-state index contributed by atoms with van der Waals surface area (Å²) in [4.78, 5) is 8.76. The third-order valence-electron chi connectivity index (χ3n) is 4.73. The number of benzene rings is 1. The molecule has 0 radical (unpaired) electrons. The Morgan fingerprint density at radius 2 is 2.04 bits per heavy atom. The van der Waals surface area contributed by atoms with Crippen molar-refractivity contribution in [2.24, 2.45) is 0 Å².